The molecule has 7 heteroatoms. The molecule has 0 saturated carbocycles. The molecule has 6 nitrogen and oxygen atoms in total. The summed E-state index contributed by atoms with van der Waals surface area (Å²) in [5.74, 6) is 0.607. The van der Waals surface area contributed by atoms with Crippen molar-refractivity contribution < 1.29 is 17.6 Å². The van der Waals surface area contributed by atoms with Crippen LogP contribution in [0.25, 0.3) is 0 Å². The van der Waals surface area contributed by atoms with Crippen molar-refractivity contribution in [1.82, 2.24) is 9.62 Å². The Morgan fingerprint density at radius 2 is 1.95 bits per heavy atom. The summed E-state index contributed by atoms with van der Waals surface area (Å²) in [6, 6.07) is 3.18. The van der Waals surface area contributed by atoms with Crippen LogP contribution in [0, 0.1) is 0 Å². The van der Waals surface area contributed by atoms with Gasteiger partial charge in [-0.1, -0.05) is 0 Å². The van der Waals surface area contributed by atoms with E-state index in [1.165, 1.54) is 10.4 Å². The number of nitrogens with one attached hydrogen (secondary N) is 1. The van der Waals surface area contributed by atoms with Crippen molar-refractivity contribution in [2.45, 2.75) is 37.7 Å². The second-order valence-electron chi connectivity index (χ2n) is 4.83. The van der Waals surface area contributed by atoms with Crippen LogP contribution in [-0.4, -0.2) is 45.1 Å². The molecule has 1 N–H and O–H groups in total. The molecule has 0 spiro atoms. The quantitative estimate of drug-likeness (QED) is 0.887. The van der Waals surface area contributed by atoms with Crippen molar-refractivity contribution >= 4 is 10.0 Å². The maximum absolute atomic E-state index is 12.5. The number of morpholine rings is 1. The third-order valence-corrected chi connectivity index (χ3v) is 4.67. The number of rotatable bonds is 4. The lowest BCUT2D eigenvalue weighted by molar-refractivity contribution is -0.0443. The molecule has 1 aromatic heterocycles. The highest BCUT2D eigenvalue weighted by molar-refractivity contribution is 7.89. The molecule has 1 fully saturated rings. The molecule has 0 bridgehead atoms. The summed E-state index contributed by atoms with van der Waals surface area (Å²) in [5, 5.41) is 2.92. The summed E-state index contributed by atoms with van der Waals surface area (Å²) in [5.41, 5.74) is 0. The zero-order valence-corrected chi connectivity index (χ0v) is 12.2. The van der Waals surface area contributed by atoms with Gasteiger partial charge in [0.05, 0.1) is 18.8 Å². The zero-order chi connectivity index (χ0) is 14.0. The highest BCUT2D eigenvalue weighted by Crippen LogP contribution is 2.22. The predicted molar refractivity (Wildman–Crippen MR) is 70.2 cm³/mol. The largest absolute Gasteiger partial charge is 0.447 e. The van der Waals surface area contributed by atoms with Crippen LogP contribution < -0.4 is 5.32 Å². The summed E-state index contributed by atoms with van der Waals surface area (Å²) in [6.07, 6.45) is -0.212. The molecule has 1 aliphatic rings. The van der Waals surface area contributed by atoms with Gasteiger partial charge < -0.3 is 14.5 Å². The van der Waals surface area contributed by atoms with E-state index >= 15 is 0 Å². The number of ether oxygens (including phenoxy) is 1. The molecule has 2 unspecified atom stereocenters. The first-order valence-electron chi connectivity index (χ1n) is 6.32. The maximum Gasteiger partial charge on any atom is 0.276 e. The summed E-state index contributed by atoms with van der Waals surface area (Å²) < 4.78 is 37.3. The average Bonchev–Trinajstić information content (AvgIpc) is 2.77. The van der Waals surface area contributed by atoms with Crippen molar-refractivity contribution in [1.29, 1.82) is 0 Å². The van der Waals surface area contributed by atoms with E-state index in [0.29, 0.717) is 25.4 Å². The van der Waals surface area contributed by atoms with Gasteiger partial charge >= 0.3 is 0 Å². The molecular weight excluding hydrogens is 268 g/mol. The molecule has 1 aliphatic heterocycles. The van der Waals surface area contributed by atoms with E-state index in [2.05, 4.69) is 5.32 Å². The van der Waals surface area contributed by atoms with Crippen LogP contribution in [0.4, 0.5) is 0 Å². The van der Waals surface area contributed by atoms with E-state index in [9.17, 15) is 8.42 Å². The normalized spacial score (nSPS) is 25.6. The minimum absolute atomic E-state index is 0.000880. The minimum atomic E-state index is -3.57. The van der Waals surface area contributed by atoms with E-state index in [-0.39, 0.29) is 17.3 Å². The highest BCUT2D eigenvalue weighted by Gasteiger charge is 2.34. The molecule has 1 saturated heterocycles. The lowest BCUT2D eigenvalue weighted by Crippen LogP contribution is -2.47. The summed E-state index contributed by atoms with van der Waals surface area (Å²) >= 11 is 0. The van der Waals surface area contributed by atoms with Crippen molar-refractivity contribution in [3.63, 3.8) is 0 Å². The monoisotopic (exact) mass is 288 g/mol. The number of hydrogen-bond donors (Lipinski definition) is 1. The summed E-state index contributed by atoms with van der Waals surface area (Å²) in [7, 11) is -1.79. The van der Waals surface area contributed by atoms with Crippen LogP contribution in [0.2, 0.25) is 0 Å². The smallest absolute Gasteiger partial charge is 0.276 e. The van der Waals surface area contributed by atoms with Gasteiger partial charge in [-0.25, -0.2) is 8.42 Å². The molecule has 2 heterocycles. The first-order valence-corrected chi connectivity index (χ1v) is 7.76. The van der Waals surface area contributed by atoms with E-state index in [1.807, 2.05) is 13.8 Å². The SMILES string of the molecule is CNCc1ccc(S(=O)(=O)N2CC(C)OC(C)C2)o1. The first-order chi connectivity index (χ1) is 8.93. The average molecular weight is 288 g/mol. The summed E-state index contributed by atoms with van der Waals surface area (Å²) in [4.78, 5) is 0. The van der Waals surface area contributed by atoms with Crippen LogP contribution in [0.5, 0.6) is 0 Å². The molecule has 0 aliphatic carbocycles. The molecule has 0 aromatic carbocycles. The van der Waals surface area contributed by atoms with E-state index in [0.717, 1.165) is 0 Å². The number of furan rings is 1. The fourth-order valence-electron chi connectivity index (χ4n) is 2.22. The molecule has 1 aromatic rings. The van der Waals surface area contributed by atoms with Crippen LogP contribution >= 0.6 is 0 Å². The second kappa shape index (κ2) is 5.62. The van der Waals surface area contributed by atoms with Gasteiger partial charge in [-0.3, -0.25) is 0 Å². The molecule has 0 amide bonds. The van der Waals surface area contributed by atoms with Crippen molar-refractivity contribution in [3.8, 4) is 0 Å². The molecular formula is C12H20N2O4S. The molecule has 108 valence electrons. The van der Waals surface area contributed by atoms with E-state index < -0.39 is 10.0 Å². The van der Waals surface area contributed by atoms with Gasteiger partial charge in [-0.05, 0) is 33.0 Å². The van der Waals surface area contributed by atoms with Crippen molar-refractivity contribution in [2.75, 3.05) is 20.1 Å². The molecule has 2 rings (SSSR count). The fraction of sp³-hybridized carbons (Fsp3) is 0.667. The van der Waals surface area contributed by atoms with Crippen molar-refractivity contribution in [2.24, 2.45) is 0 Å². The molecule has 19 heavy (non-hydrogen) atoms. The number of sulfonamides is 1. The van der Waals surface area contributed by atoms with Crippen LogP contribution in [0.3, 0.4) is 0 Å². The third kappa shape index (κ3) is 3.17. The van der Waals surface area contributed by atoms with Gasteiger partial charge in [0.1, 0.15) is 5.76 Å². The van der Waals surface area contributed by atoms with Gasteiger partial charge in [0, 0.05) is 13.1 Å². The first kappa shape index (κ1) is 14.5. The minimum Gasteiger partial charge on any atom is -0.447 e. The van der Waals surface area contributed by atoms with Gasteiger partial charge in [0.15, 0.2) is 0 Å². The lowest BCUT2D eigenvalue weighted by atomic mass is 10.3. The fourth-order valence-corrected chi connectivity index (χ4v) is 3.74. The third-order valence-electron chi connectivity index (χ3n) is 2.97. The van der Waals surface area contributed by atoms with E-state index in [1.54, 1.807) is 13.1 Å². The van der Waals surface area contributed by atoms with Crippen LogP contribution in [0.15, 0.2) is 21.6 Å². The van der Waals surface area contributed by atoms with Gasteiger partial charge in [-0.2, -0.15) is 4.31 Å². The van der Waals surface area contributed by atoms with Crippen molar-refractivity contribution in [3.05, 3.63) is 17.9 Å². The highest BCUT2D eigenvalue weighted by atomic mass is 32.2. The maximum atomic E-state index is 12.5. The van der Waals surface area contributed by atoms with Crippen LogP contribution in [0.1, 0.15) is 19.6 Å². The van der Waals surface area contributed by atoms with Crippen LogP contribution in [-0.2, 0) is 21.3 Å². The molecule has 0 radical (unpaired) electrons. The topological polar surface area (TPSA) is 71.8 Å². The zero-order valence-electron chi connectivity index (χ0n) is 11.4. The van der Waals surface area contributed by atoms with E-state index in [4.69, 9.17) is 9.15 Å². The standard InChI is InChI=1S/C12H20N2O4S/c1-9-7-14(8-10(2)17-9)19(15,16)12-5-4-11(18-12)6-13-3/h4-5,9-10,13H,6-8H2,1-3H3. The predicted octanol–water partition coefficient (Wildman–Crippen LogP) is 0.797. The number of nitrogens with zero attached hydrogens (tertiary/aromatic N) is 1. The lowest BCUT2D eigenvalue weighted by Gasteiger charge is -2.33. The van der Waals surface area contributed by atoms with Gasteiger partial charge in [-0.15, -0.1) is 0 Å². The van der Waals surface area contributed by atoms with Gasteiger partial charge in [0.25, 0.3) is 10.0 Å². The molecule has 2 atom stereocenters. The Bertz CT molecular complexity index is 516. The Labute approximate surface area is 113 Å². The summed E-state index contributed by atoms with van der Waals surface area (Å²) in [6.45, 7) is 4.95. The Hall–Kier alpha value is -0.890. The second-order valence-corrected chi connectivity index (χ2v) is 6.70. The Morgan fingerprint density at radius 1 is 1.32 bits per heavy atom. The Morgan fingerprint density at radius 3 is 2.53 bits per heavy atom. The Balaban J connectivity index is 2.20. The Kier molecular flexibility index (Phi) is 4.29. The number of hydrogen-bond acceptors (Lipinski definition) is 5. The van der Waals surface area contributed by atoms with Gasteiger partial charge in [0.2, 0.25) is 5.09 Å².